The third-order valence-corrected chi connectivity index (χ3v) is 3.44. The molecule has 0 saturated carbocycles. The average Bonchev–Trinajstić information content (AvgIpc) is 2.39. The number of methoxy groups -OCH3 is 1. The fraction of sp³-hybridized carbons (Fsp3) is 0.500. The van der Waals surface area contributed by atoms with Crippen molar-refractivity contribution >= 4 is 5.91 Å². The van der Waals surface area contributed by atoms with Gasteiger partial charge in [-0.05, 0) is 30.9 Å². The molecule has 1 saturated heterocycles. The molecule has 0 aromatic heterocycles. The fourth-order valence-electron chi connectivity index (χ4n) is 2.53. The van der Waals surface area contributed by atoms with E-state index in [1.165, 1.54) is 18.2 Å². The van der Waals surface area contributed by atoms with Gasteiger partial charge in [-0.15, -0.1) is 0 Å². The van der Waals surface area contributed by atoms with Crippen molar-refractivity contribution in [1.29, 1.82) is 0 Å². The number of likely N-dealkylation sites (tertiary alicyclic amines) is 1. The molecule has 0 aliphatic carbocycles. The highest BCUT2D eigenvalue weighted by Crippen LogP contribution is 2.29. The smallest absolute Gasteiger partial charge is 0.261 e. The maximum absolute atomic E-state index is 12.4. The maximum Gasteiger partial charge on any atom is 0.261 e. The fourth-order valence-corrected chi connectivity index (χ4v) is 2.53. The van der Waals surface area contributed by atoms with Crippen LogP contribution in [0.15, 0.2) is 18.2 Å². The van der Waals surface area contributed by atoms with Crippen LogP contribution in [0.3, 0.4) is 0 Å². The molecule has 104 valence electrons. The number of nitrogens with zero attached hydrogens (tertiary/aromatic N) is 1. The molecule has 1 amide bonds. The van der Waals surface area contributed by atoms with E-state index < -0.39 is 0 Å². The molecule has 1 aliphatic heterocycles. The summed E-state index contributed by atoms with van der Waals surface area (Å²) < 4.78 is 5.13. The molecule has 0 radical (unpaired) electrons. The summed E-state index contributed by atoms with van der Waals surface area (Å²) in [5.41, 5.74) is -0.0134. The largest absolute Gasteiger partial charge is 0.507 e. The number of carbonyl (C=O) groups excluding carboxylic acids is 1. The Morgan fingerprint density at radius 2 is 2.11 bits per heavy atom. The zero-order valence-corrected chi connectivity index (χ0v) is 11.0. The van der Waals surface area contributed by atoms with Gasteiger partial charge in [-0.3, -0.25) is 4.79 Å². The van der Waals surface area contributed by atoms with E-state index in [-0.39, 0.29) is 23.0 Å². The minimum atomic E-state index is -0.323. The average molecular weight is 265 g/mol. The minimum absolute atomic E-state index is 0.0134. The van der Waals surface area contributed by atoms with Gasteiger partial charge in [-0.1, -0.05) is 6.07 Å². The van der Waals surface area contributed by atoms with Crippen LogP contribution in [0.2, 0.25) is 0 Å². The Balaban J connectivity index is 2.15. The van der Waals surface area contributed by atoms with Gasteiger partial charge in [0.25, 0.3) is 5.91 Å². The second-order valence-electron chi connectivity index (χ2n) is 4.89. The number of amides is 1. The zero-order chi connectivity index (χ0) is 13.8. The van der Waals surface area contributed by atoms with E-state index in [9.17, 15) is 15.0 Å². The van der Waals surface area contributed by atoms with Gasteiger partial charge < -0.3 is 19.8 Å². The van der Waals surface area contributed by atoms with Gasteiger partial charge in [0.2, 0.25) is 0 Å². The number of benzene rings is 1. The van der Waals surface area contributed by atoms with Crippen LogP contribution < -0.4 is 0 Å². The third-order valence-electron chi connectivity index (χ3n) is 3.44. The number of hydrogen-bond donors (Lipinski definition) is 2. The Bertz CT molecular complexity index is 439. The van der Waals surface area contributed by atoms with Crippen LogP contribution in [0.1, 0.15) is 23.2 Å². The summed E-state index contributed by atoms with van der Waals surface area (Å²) >= 11 is 0. The van der Waals surface area contributed by atoms with Gasteiger partial charge in [0.05, 0.1) is 6.61 Å². The SMILES string of the molecule is COCC1CCCN(C(=O)c2c(O)cccc2O)C1. The number of hydrogen-bond acceptors (Lipinski definition) is 4. The van der Waals surface area contributed by atoms with Gasteiger partial charge in [-0.25, -0.2) is 0 Å². The molecular weight excluding hydrogens is 246 g/mol. The minimum Gasteiger partial charge on any atom is -0.507 e. The van der Waals surface area contributed by atoms with Crippen LogP contribution in [-0.4, -0.2) is 47.8 Å². The molecular formula is C14H19NO4. The Morgan fingerprint density at radius 1 is 1.42 bits per heavy atom. The van der Waals surface area contributed by atoms with Gasteiger partial charge in [0.15, 0.2) is 0 Å². The molecule has 1 aromatic rings. The molecule has 5 nitrogen and oxygen atoms in total. The maximum atomic E-state index is 12.4. The Hall–Kier alpha value is -1.75. The van der Waals surface area contributed by atoms with E-state index in [0.29, 0.717) is 25.6 Å². The Labute approximate surface area is 112 Å². The molecule has 1 heterocycles. The van der Waals surface area contributed by atoms with Gasteiger partial charge in [-0.2, -0.15) is 0 Å². The van der Waals surface area contributed by atoms with E-state index in [1.807, 2.05) is 0 Å². The first-order valence-electron chi connectivity index (χ1n) is 6.42. The highest BCUT2D eigenvalue weighted by atomic mass is 16.5. The molecule has 1 atom stereocenters. The van der Waals surface area contributed by atoms with E-state index in [4.69, 9.17) is 4.74 Å². The summed E-state index contributed by atoms with van der Waals surface area (Å²) in [4.78, 5) is 14.0. The van der Waals surface area contributed by atoms with Crippen molar-refractivity contribution in [3.63, 3.8) is 0 Å². The molecule has 1 fully saturated rings. The normalized spacial score (nSPS) is 19.4. The summed E-state index contributed by atoms with van der Waals surface area (Å²) in [6, 6.07) is 4.32. The number of phenols is 2. The van der Waals surface area contributed by atoms with E-state index >= 15 is 0 Å². The lowest BCUT2D eigenvalue weighted by molar-refractivity contribution is 0.0565. The zero-order valence-electron chi connectivity index (χ0n) is 11.0. The molecule has 0 bridgehead atoms. The van der Waals surface area contributed by atoms with Gasteiger partial charge in [0, 0.05) is 20.2 Å². The van der Waals surface area contributed by atoms with E-state index in [0.717, 1.165) is 12.8 Å². The first-order chi connectivity index (χ1) is 9.13. The number of phenolic OH excluding ortho intramolecular Hbond substituents is 2. The van der Waals surface area contributed by atoms with E-state index in [1.54, 1.807) is 12.0 Å². The number of aromatic hydroxyl groups is 2. The van der Waals surface area contributed by atoms with Crippen LogP contribution in [-0.2, 0) is 4.74 Å². The monoisotopic (exact) mass is 265 g/mol. The predicted octanol–water partition coefficient (Wildman–Crippen LogP) is 1.60. The number of ether oxygens (including phenoxy) is 1. The summed E-state index contributed by atoms with van der Waals surface area (Å²) in [6.07, 6.45) is 1.94. The molecule has 0 spiro atoms. The number of rotatable bonds is 3. The molecule has 1 unspecified atom stereocenters. The molecule has 2 N–H and O–H groups in total. The lowest BCUT2D eigenvalue weighted by Gasteiger charge is -2.32. The Morgan fingerprint density at radius 3 is 2.74 bits per heavy atom. The van der Waals surface area contributed by atoms with Gasteiger partial charge >= 0.3 is 0 Å². The standard InChI is InChI=1S/C14H19NO4/c1-19-9-10-4-3-7-15(8-10)14(18)13-11(16)5-2-6-12(13)17/h2,5-6,10,16-17H,3-4,7-9H2,1H3. The van der Waals surface area contributed by atoms with Crippen LogP contribution in [0, 0.1) is 5.92 Å². The topological polar surface area (TPSA) is 70.0 Å². The Kier molecular flexibility index (Phi) is 4.27. The van der Waals surface area contributed by atoms with Crippen LogP contribution in [0.5, 0.6) is 11.5 Å². The molecule has 2 rings (SSSR count). The molecule has 1 aromatic carbocycles. The summed E-state index contributed by atoms with van der Waals surface area (Å²) in [5, 5.41) is 19.5. The van der Waals surface area contributed by atoms with Crippen molar-refractivity contribution in [3.05, 3.63) is 23.8 Å². The third kappa shape index (κ3) is 2.98. The highest BCUT2D eigenvalue weighted by molar-refractivity contribution is 5.99. The lowest BCUT2D eigenvalue weighted by atomic mass is 9.98. The van der Waals surface area contributed by atoms with E-state index in [2.05, 4.69) is 0 Å². The van der Waals surface area contributed by atoms with Crippen LogP contribution >= 0.6 is 0 Å². The lowest BCUT2D eigenvalue weighted by Crippen LogP contribution is -2.41. The number of piperidine rings is 1. The van der Waals surface area contributed by atoms with Crippen molar-refractivity contribution < 1.29 is 19.7 Å². The van der Waals surface area contributed by atoms with Crippen molar-refractivity contribution in [3.8, 4) is 11.5 Å². The van der Waals surface area contributed by atoms with Gasteiger partial charge in [0.1, 0.15) is 17.1 Å². The van der Waals surface area contributed by atoms with Crippen LogP contribution in [0.25, 0.3) is 0 Å². The predicted molar refractivity (Wildman–Crippen MR) is 70.3 cm³/mol. The summed E-state index contributed by atoms with van der Waals surface area (Å²) in [6.45, 7) is 1.86. The van der Waals surface area contributed by atoms with Crippen molar-refractivity contribution in [2.75, 3.05) is 26.8 Å². The van der Waals surface area contributed by atoms with Crippen LogP contribution in [0.4, 0.5) is 0 Å². The number of carbonyl (C=O) groups is 1. The summed E-state index contributed by atoms with van der Waals surface area (Å²) in [5.74, 6) is -0.371. The molecule has 1 aliphatic rings. The summed E-state index contributed by atoms with van der Waals surface area (Å²) in [7, 11) is 1.65. The second-order valence-corrected chi connectivity index (χ2v) is 4.89. The highest BCUT2D eigenvalue weighted by Gasteiger charge is 2.27. The first-order valence-corrected chi connectivity index (χ1v) is 6.42. The van der Waals surface area contributed by atoms with Crippen molar-refractivity contribution in [1.82, 2.24) is 4.90 Å². The van der Waals surface area contributed by atoms with Crippen molar-refractivity contribution in [2.24, 2.45) is 5.92 Å². The van der Waals surface area contributed by atoms with Crippen molar-refractivity contribution in [2.45, 2.75) is 12.8 Å². The first kappa shape index (κ1) is 13.7. The second kappa shape index (κ2) is 5.93. The molecule has 19 heavy (non-hydrogen) atoms. The molecule has 5 heteroatoms. The quantitative estimate of drug-likeness (QED) is 0.871.